The van der Waals surface area contributed by atoms with Crippen molar-refractivity contribution in [3.8, 4) is 16.9 Å². The highest BCUT2D eigenvalue weighted by molar-refractivity contribution is 9.10. The molecule has 0 aliphatic rings. The monoisotopic (exact) mass is 364 g/mol. The van der Waals surface area contributed by atoms with Crippen LogP contribution >= 0.6 is 15.9 Å². The van der Waals surface area contributed by atoms with E-state index >= 15 is 0 Å². The fourth-order valence-corrected chi connectivity index (χ4v) is 2.86. The third-order valence-electron chi connectivity index (χ3n) is 3.74. The van der Waals surface area contributed by atoms with Gasteiger partial charge in [0.25, 0.3) is 0 Å². The molecule has 0 radical (unpaired) electrons. The van der Waals surface area contributed by atoms with Crippen molar-refractivity contribution >= 4 is 27.0 Å². The van der Waals surface area contributed by atoms with Gasteiger partial charge in [0, 0.05) is 16.2 Å². The van der Waals surface area contributed by atoms with Crippen molar-refractivity contribution in [2.45, 2.75) is 6.92 Å². The first-order valence-electron chi connectivity index (χ1n) is 7.24. The molecule has 2 heterocycles. The van der Waals surface area contributed by atoms with E-state index < -0.39 is 0 Å². The molecule has 5 heteroatoms. The van der Waals surface area contributed by atoms with Gasteiger partial charge in [-0.05, 0) is 36.8 Å². The van der Waals surface area contributed by atoms with Gasteiger partial charge in [-0.25, -0.2) is 9.67 Å². The van der Waals surface area contributed by atoms with Crippen LogP contribution in [0.3, 0.4) is 0 Å². The zero-order chi connectivity index (χ0) is 15.8. The minimum absolute atomic E-state index is 0.822. The fraction of sp³-hybridized carbons (Fsp3) is 0.0556. The van der Waals surface area contributed by atoms with E-state index in [-0.39, 0.29) is 0 Å². The molecule has 0 saturated heterocycles. The average molecular weight is 365 g/mol. The first-order valence-corrected chi connectivity index (χ1v) is 8.03. The number of aromatic nitrogens is 4. The second-order valence-electron chi connectivity index (χ2n) is 5.35. The standard InChI is InChI=1S/C18H13BrN4/c1-12-6-7-14(19)8-18(12)23-11-13(9-21-23)17-10-20-15-4-2-3-5-16(15)22-17/h2-11H,1H3. The summed E-state index contributed by atoms with van der Waals surface area (Å²) in [6, 6.07) is 14.0. The average Bonchev–Trinajstić information content (AvgIpc) is 3.06. The van der Waals surface area contributed by atoms with Crippen molar-refractivity contribution in [3.05, 3.63) is 71.1 Å². The fourth-order valence-electron chi connectivity index (χ4n) is 2.51. The number of fused-ring (bicyclic) bond motifs is 1. The molecule has 4 nitrogen and oxygen atoms in total. The highest BCUT2D eigenvalue weighted by Gasteiger charge is 2.08. The third kappa shape index (κ3) is 2.64. The lowest BCUT2D eigenvalue weighted by atomic mass is 10.2. The Bertz CT molecular complexity index is 1010. The summed E-state index contributed by atoms with van der Waals surface area (Å²) in [5.74, 6) is 0. The molecule has 0 spiro atoms. The van der Waals surface area contributed by atoms with Crippen molar-refractivity contribution in [1.82, 2.24) is 19.7 Å². The topological polar surface area (TPSA) is 43.6 Å². The Morgan fingerprint density at radius 3 is 2.70 bits per heavy atom. The van der Waals surface area contributed by atoms with E-state index in [1.54, 1.807) is 6.20 Å². The number of rotatable bonds is 2. The van der Waals surface area contributed by atoms with Crippen molar-refractivity contribution in [2.24, 2.45) is 0 Å². The lowest BCUT2D eigenvalue weighted by Crippen LogP contribution is -1.97. The number of para-hydroxylation sites is 2. The summed E-state index contributed by atoms with van der Waals surface area (Å²) < 4.78 is 2.90. The number of nitrogens with zero attached hydrogens (tertiary/aromatic N) is 4. The van der Waals surface area contributed by atoms with Gasteiger partial charge in [0.05, 0.1) is 34.8 Å². The summed E-state index contributed by atoms with van der Waals surface area (Å²) >= 11 is 3.51. The number of halogens is 1. The van der Waals surface area contributed by atoms with Crippen LogP contribution in [0.15, 0.2) is 65.5 Å². The SMILES string of the molecule is Cc1ccc(Br)cc1-n1cc(-c2cnc3ccccc3n2)cn1. The van der Waals surface area contributed by atoms with Crippen LogP contribution in [0.25, 0.3) is 28.0 Å². The van der Waals surface area contributed by atoms with E-state index in [2.05, 4.69) is 50.1 Å². The van der Waals surface area contributed by atoms with Crippen LogP contribution in [0.1, 0.15) is 5.56 Å². The lowest BCUT2D eigenvalue weighted by Gasteiger charge is -2.06. The van der Waals surface area contributed by atoms with Crippen molar-refractivity contribution in [2.75, 3.05) is 0 Å². The Morgan fingerprint density at radius 2 is 1.83 bits per heavy atom. The van der Waals surface area contributed by atoms with E-state index in [1.165, 1.54) is 0 Å². The maximum Gasteiger partial charge on any atom is 0.0924 e. The van der Waals surface area contributed by atoms with E-state index in [0.717, 1.165) is 38.0 Å². The van der Waals surface area contributed by atoms with Crippen LogP contribution in [-0.4, -0.2) is 19.7 Å². The molecule has 4 rings (SSSR count). The Morgan fingerprint density at radius 1 is 1.00 bits per heavy atom. The zero-order valence-electron chi connectivity index (χ0n) is 12.4. The van der Waals surface area contributed by atoms with Crippen molar-refractivity contribution < 1.29 is 0 Å². The summed E-state index contributed by atoms with van der Waals surface area (Å²) in [5.41, 5.74) is 5.75. The zero-order valence-corrected chi connectivity index (χ0v) is 14.0. The Kier molecular flexibility index (Phi) is 3.42. The van der Waals surface area contributed by atoms with Crippen LogP contribution in [0.4, 0.5) is 0 Å². The third-order valence-corrected chi connectivity index (χ3v) is 4.24. The molecule has 0 amide bonds. The predicted molar refractivity (Wildman–Crippen MR) is 94.5 cm³/mol. The molecule has 0 N–H and O–H groups in total. The molecule has 4 aromatic rings. The van der Waals surface area contributed by atoms with Crippen LogP contribution in [-0.2, 0) is 0 Å². The number of aryl methyl sites for hydroxylation is 1. The molecule has 2 aromatic carbocycles. The predicted octanol–water partition coefficient (Wildman–Crippen LogP) is 4.55. The first-order chi connectivity index (χ1) is 11.2. The molecule has 0 fully saturated rings. The Balaban J connectivity index is 1.78. The van der Waals surface area contributed by atoms with Gasteiger partial charge in [0.1, 0.15) is 0 Å². The molecular weight excluding hydrogens is 352 g/mol. The summed E-state index contributed by atoms with van der Waals surface area (Å²) in [6.07, 6.45) is 5.59. The summed E-state index contributed by atoms with van der Waals surface area (Å²) in [4.78, 5) is 9.13. The van der Waals surface area contributed by atoms with Gasteiger partial charge < -0.3 is 0 Å². The molecule has 112 valence electrons. The number of hydrogen-bond acceptors (Lipinski definition) is 3. The Hall–Kier alpha value is -2.53. The second-order valence-corrected chi connectivity index (χ2v) is 6.26. The molecule has 0 unspecified atom stereocenters. The van der Waals surface area contributed by atoms with Crippen molar-refractivity contribution in [1.29, 1.82) is 0 Å². The van der Waals surface area contributed by atoms with Crippen molar-refractivity contribution in [3.63, 3.8) is 0 Å². The molecule has 0 aliphatic heterocycles. The number of hydrogen-bond donors (Lipinski definition) is 0. The van der Waals surface area contributed by atoms with E-state index in [9.17, 15) is 0 Å². The summed E-state index contributed by atoms with van der Waals surface area (Å²) in [7, 11) is 0. The normalized spacial score (nSPS) is 11.0. The van der Waals surface area contributed by atoms with E-state index in [4.69, 9.17) is 0 Å². The van der Waals surface area contributed by atoms with Crippen LogP contribution in [0.2, 0.25) is 0 Å². The minimum Gasteiger partial charge on any atom is -0.252 e. The molecular formula is C18H13BrN4. The van der Waals surface area contributed by atoms with Gasteiger partial charge in [-0.15, -0.1) is 0 Å². The Labute approximate surface area is 142 Å². The van der Waals surface area contributed by atoms with Crippen LogP contribution in [0, 0.1) is 6.92 Å². The summed E-state index contributed by atoms with van der Waals surface area (Å²) in [5, 5.41) is 4.47. The van der Waals surface area contributed by atoms with E-state index in [1.807, 2.05) is 47.4 Å². The molecule has 0 bridgehead atoms. The maximum atomic E-state index is 4.67. The lowest BCUT2D eigenvalue weighted by molar-refractivity contribution is 0.872. The smallest absolute Gasteiger partial charge is 0.0924 e. The summed E-state index contributed by atoms with van der Waals surface area (Å²) in [6.45, 7) is 2.07. The van der Waals surface area contributed by atoms with Crippen LogP contribution < -0.4 is 0 Å². The van der Waals surface area contributed by atoms with Crippen LogP contribution in [0.5, 0.6) is 0 Å². The van der Waals surface area contributed by atoms with Gasteiger partial charge in [-0.1, -0.05) is 34.1 Å². The van der Waals surface area contributed by atoms with Gasteiger partial charge >= 0.3 is 0 Å². The molecule has 2 aromatic heterocycles. The van der Waals surface area contributed by atoms with Gasteiger partial charge in [0.15, 0.2) is 0 Å². The maximum absolute atomic E-state index is 4.67. The highest BCUT2D eigenvalue weighted by Crippen LogP contribution is 2.23. The minimum atomic E-state index is 0.822. The van der Waals surface area contributed by atoms with Gasteiger partial charge in [-0.3, -0.25) is 4.98 Å². The molecule has 0 saturated carbocycles. The number of benzene rings is 2. The molecule has 0 atom stereocenters. The molecule has 23 heavy (non-hydrogen) atoms. The van der Waals surface area contributed by atoms with Gasteiger partial charge in [0.2, 0.25) is 0 Å². The molecule has 0 aliphatic carbocycles. The highest BCUT2D eigenvalue weighted by atomic mass is 79.9. The second kappa shape index (κ2) is 5.59. The largest absolute Gasteiger partial charge is 0.252 e. The van der Waals surface area contributed by atoms with Gasteiger partial charge in [-0.2, -0.15) is 5.10 Å². The van der Waals surface area contributed by atoms with E-state index in [0.29, 0.717) is 0 Å². The first kappa shape index (κ1) is 14.1. The quantitative estimate of drug-likeness (QED) is 0.523.